The highest BCUT2D eigenvalue weighted by molar-refractivity contribution is 8.12. The number of hydrogen-bond donors (Lipinski definition) is 1. The Hall–Kier alpha value is -2.62. The van der Waals surface area contributed by atoms with Crippen LogP contribution < -0.4 is 9.64 Å². The first-order valence-corrected chi connectivity index (χ1v) is 13.0. The van der Waals surface area contributed by atoms with Crippen LogP contribution in [0.4, 0.5) is 5.82 Å². The Labute approximate surface area is 185 Å². The quantitative estimate of drug-likeness (QED) is 0.595. The van der Waals surface area contributed by atoms with Gasteiger partial charge in [0, 0.05) is 46.9 Å². The number of nitrogens with zero attached hydrogens (tertiary/aromatic N) is 3. The Morgan fingerprint density at radius 3 is 3.03 bits per heavy atom. The molecule has 7 rings (SSSR count). The van der Waals surface area contributed by atoms with Gasteiger partial charge in [-0.15, -0.1) is 0 Å². The van der Waals surface area contributed by atoms with E-state index in [1.807, 2.05) is 36.7 Å². The Balaban J connectivity index is 1.49. The van der Waals surface area contributed by atoms with Gasteiger partial charge >= 0.3 is 0 Å². The summed E-state index contributed by atoms with van der Waals surface area (Å²) in [4.78, 5) is 16.6. The van der Waals surface area contributed by atoms with Crippen molar-refractivity contribution in [3.8, 4) is 17.1 Å². The molecule has 0 spiro atoms. The molecule has 0 aliphatic carbocycles. The molecule has 3 aromatic rings. The van der Waals surface area contributed by atoms with Crippen molar-refractivity contribution in [2.24, 2.45) is 0 Å². The van der Waals surface area contributed by atoms with Crippen LogP contribution in [0.2, 0.25) is 0 Å². The molecular formula is C23H24N4O4S. The fourth-order valence-corrected chi connectivity index (χ4v) is 8.52. The van der Waals surface area contributed by atoms with Crippen LogP contribution in [0.1, 0.15) is 12.1 Å². The van der Waals surface area contributed by atoms with E-state index >= 15 is 0 Å². The largest absolute Gasteiger partial charge is 0.486 e. The van der Waals surface area contributed by atoms with Gasteiger partial charge in [0.15, 0.2) is 17.4 Å². The van der Waals surface area contributed by atoms with Crippen molar-refractivity contribution in [2.75, 3.05) is 50.7 Å². The third-order valence-corrected chi connectivity index (χ3v) is 10.5. The maximum atomic E-state index is 13.7. The second-order valence-corrected chi connectivity index (χ2v) is 11.8. The van der Waals surface area contributed by atoms with Crippen LogP contribution in [0.25, 0.3) is 22.3 Å². The Morgan fingerprint density at radius 2 is 2.12 bits per heavy atom. The zero-order valence-corrected chi connectivity index (χ0v) is 18.6. The molecule has 8 nitrogen and oxygen atoms in total. The molecule has 4 aliphatic rings. The third-order valence-electron chi connectivity index (χ3n) is 7.36. The first-order chi connectivity index (χ1) is 15.6. The van der Waals surface area contributed by atoms with Crippen LogP contribution in [0.5, 0.6) is 5.75 Å². The van der Waals surface area contributed by atoms with E-state index in [9.17, 15) is 4.21 Å². The minimum absolute atomic E-state index is 0.121. The minimum atomic E-state index is -2.22. The van der Waals surface area contributed by atoms with E-state index in [0.717, 1.165) is 39.4 Å². The Kier molecular flexibility index (Phi) is 3.82. The molecule has 1 aromatic carbocycles. The number of benzene rings is 1. The van der Waals surface area contributed by atoms with Crippen LogP contribution in [0, 0.1) is 0 Å². The fourth-order valence-electron chi connectivity index (χ4n) is 5.59. The lowest BCUT2D eigenvalue weighted by molar-refractivity contribution is 0.0690. The van der Waals surface area contributed by atoms with E-state index in [-0.39, 0.29) is 6.04 Å². The maximum absolute atomic E-state index is 13.7. The van der Waals surface area contributed by atoms with Crippen LogP contribution >= 0.6 is 0 Å². The summed E-state index contributed by atoms with van der Waals surface area (Å²) >= 11 is 0. The van der Waals surface area contributed by atoms with Crippen molar-refractivity contribution in [1.82, 2.24) is 15.0 Å². The number of rotatable bonds is 2. The van der Waals surface area contributed by atoms with Gasteiger partial charge in [0.25, 0.3) is 0 Å². The highest BCUT2D eigenvalue weighted by Crippen LogP contribution is 2.55. The summed E-state index contributed by atoms with van der Waals surface area (Å²) in [5.41, 5.74) is 2.75. The Morgan fingerprint density at radius 1 is 1.19 bits per heavy atom. The predicted molar refractivity (Wildman–Crippen MR) is 123 cm³/mol. The van der Waals surface area contributed by atoms with E-state index in [2.05, 4.69) is 9.88 Å². The standard InChI is InChI=1S/C23H24N4O4S/c1-32(28)18-13-29-9-6-23(18,32)20-19-22(27-8-10-30-11-14(27)12-31-19)26-21(25-20)16-3-2-4-17-15(16)5-7-24-17/h2-5,7,14,24H,6,8-13H2,1H3. The summed E-state index contributed by atoms with van der Waals surface area (Å²) in [6.07, 6.45) is 4.43. The van der Waals surface area contributed by atoms with Gasteiger partial charge in [-0.05, 0) is 28.1 Å². The lowest BCUT2D eigenvalue weighted by Crippen LogP contribution is -2.52. The van der Waals surface area contributed by atoms with E-state index in [1.165, 1.54) is 0 Å². The molecule has 166 valence electrons. The van der Waals surface area contributed by atoms with Gasteiger partial charge in [-0.1, -0.05) is 12.1 Å². The molecule has 1 N–H and O–H groups in total. The average molecular weight is 453 g/mol. The molecule has 9 heteroatoms. The first kappa shape index (κ1) is 18.9. The summed E-state index contributed by atoms with van der Waals surface area (Å²) in [5.74, 6) is 2.11. The number of anilines is 1. The smallest absolute Gasteiger partial charge is 0.185 e. The monoisotopic (exact) mass is 452 g/mol. The molecule has 2 saturated heterocycles. The van der Waals surface area contributed by atoms with E-state index < -0.39 is 14.3 Å². The van der Waals surface area contributed by atoms with Crippen molar-refractivity contribution in [2.45, 2.75) is 17.2 Å². The van der Waals surface area contributed by atoms with Gasteiger partial charge in [0.2, 0.25) is 0 Å². The van der Waals surface area contributed by atoms with Crippen LogP contribution in [0.3, 0.4) is 0 Å². The zero-order valence-electron chi connectivity index (χ0n) is 17.8. The molecule has 0 radical (unpaired) electrons. The topological polar surface area (TPSA) is 89.6 Å². The molecule has 32 heavy (non-hydrogen) atoms. The number of aromatic amines is 1. The number of morpholine rings is 1. The molecule has 0 amide bonds. The molecular weight excluding hydrogens is 428 g/mol. The number of H-pyrrole nitrogens is 1. The van der Waals surface area contributed by atoms with Crippen molar-refractivity contribution in [3.05, 3.63) is 36.2 Å². The number of aromatic nitrogens is 3. The molecule has 3 unspecified atom stereocenters. The van der Waals surface area contributed by atoms with Crippen molar-refractivity contribution < 1.29 is 18.4 Å². The fraction of sp³-hybridized carbons (Fsp3) is 0.435. The predicted octanol–water partition coefficient (Wildman–Crippen LogP) is 1.94. The van der Waals surface area contributed by atoms with Crippen molar-refractivity contribution >= 4 is 31.1 Å². The average Bonchev–Trinajstić information content (AvgIpc) is 3.12. The molecule has 3 atom stereocenters. The van der Waals surface area contributed by atoms with Crippen LogP contribution in [0.15, 0.2) is 30.5 Å². The zero-order chi connectivity index (χ0) is 21.5. The lowest BCUT2D eigenvalue weighted by atomic mass is 9.94. The molecule has 2 fully saturated rings. The number of ether oxygens (including phenoxy) is 3. The molecule has 4 aliphatic heterocycles. The van der Waals surface area contributed by atoms with Crippen LogP contribution in [-0.2, 0) is 23.7 Å². The minimum Gasteiger partial charge on any atom is -0.486 e. The second-order valence-electron chi connectivity index (χ2n) is 8.92. The highest BCUT2D eigenvalue weighted by Gasteiger charge is 2.63. The number of fused-ring (bicyclic) bond motifs is 5. The van der Waals surface area contributed by atoms with Gasteiger partial charge in [0.05, 0.1) is 25.9 Å². The SMILES string of the molecule is CS1(=O)=C2COCCC21c1nc(-c2cccc3[nH]ccc23)nc2c1OCC1COCCN21. The first-order valence-electron chi connectivity index (χ1n) is 11.0. The summed E-state index contributed by atoms with van der Waals surface area (Å²) < 4.78 is 30.8. The number of nitrogens with one attached hydrogen (secondary N) is 1. The normalized spacial score (nSPS) is 31.0. The van der Waals surface area contributed by atoms with E-state index in [1.54, 1.807) is 0 Å². The molecule has 0 saturated carbocycles. The lowest BCUT2D eigenvalue weighted by Gasteiger charge is -2.41. The van der Waals surface area contributed by atoms with Gasteiger partial charge in [0.1, 0.15) is 17.0 Å². The summed E-state index contributed by atoms with van der Waals surface area (Å²) in [6, 6.07) is 8.27. The summed E-state index contributed by atoms with van der Waals surface area (Å²) in [5, 5.41) is 1.07. The molecule has 6 heterocycles. The maximum Gasteiger partial charge on any atom is 0.185 e. The van der Waals surface area contributed by atoms with Gasteiger partial charge in [-0.25, -0.2) is 9.97 Å². The highest BCUT2D eigenvalue weighted by atomic mass is 32.2. The second kappa shape index (κ2) is 6.46. The van der Waals surface area contributed by atoms with Crippen LogP contribution in [-0.4, -0.2) is 75.9 Å². The summed E-state index contributed by atoms with van der Waals surface area (Å²) in [6.45, 7) is 3.52. The summed E-state index contributed by atoms with van der Waals surface area (Å²) in [7, 11) is -2.22. The molecule has 2 aromatic heterocycles. The van der Waals surface area contributed by atoms with Gasteiger partial charge < -0.3 is 24.1 Å². The van der Waals surface area contributed by atoms with E-state index in [0.29, 0.717) is 51.0 Å². The van der Waals surface area contributed by atoms with E-state index in [4.69, 9.17) is 24.2 Å². The Bertz CT molecular complexity index is 1390. The van der Waals surface area contributed by atoms with Gasteiger partial charge in [-0.2, -0.15) is 0 Å². The van der Waals surface area contributed by atoms with Crippen molar-refractivity contribution in [3.63, 3.8) is 0 Å². The number of hydrogen-bond acceptors (Lipinski definition) is 7. The van der Waals surface area contributed by atoms with Crippen molar-refractivity contribution in [1.29, 1.82) is 0 Å². The molecule has 0 bridgehead atoms. The van der Waals surface area contributed by atoms with Gasteiger partial charge in [-0.3, -0.25) is 4.21 Å². The third kappa shape index (κ3) is 2.33.